The highest BCUT2D eigenvalue weighted by molar-refractivity contribution is 7.92. The van der Waals surface area contributed by atoms with Crippen molar-refractivity contribution in [3.8, 4) is 0 Å². The monoisotopic (exact) mass is 424 g/mol. The van der Waals surface area contributed by atoms with Gasteiger partial charge in [-0.1, -0.05) is 13.0 Å². The van der Waals surface area contributed by atoms with Crippen LogP contribution >= 0.6 is 0 Å². The van der Waals surface area contributed by atoms with Crippen molar-refractivity contribution in [3.63, 3.8) is 0 Å². The maximum atomic E-state index is 12.8. The van der Waals surface area contributed by atoms with Crippen molar-refractivity contribution in [2.45, 2.75) is 39.7 Å². The van der Waals surface area contributed by atoms with E-state index in [0.29, 0.717) is 18.7 Å². The summed E-state index contributed by atoms with van der Waals surface area (Å²) in [6, 6.07) is 4.74. The molecular weight excluding hydrogens is 388 g/mol. The van der Waals surface area contributed by atoms with E-state index in [1.807, 2.05) is 32.9 Å². The first-order chi connectivity index (χ1) is 13.6. The van der Waals surface area contributed by atoms with Crippen LogP contribution in [0.5, 0.6) is 0 Å². The van der Waals surface area contributed by atoms with Crippen molar-refractivity contribution in [1.29, 1.82) is 0 Å². The third kappa shape index (κ3) is 6.69. The number of amides is 1. The molecule has 7 nitrogen and oxygen atoms in total. The molecule has 0 bridgehead atoms. The van der Waals surface area contributed by atoms with Crippen LogP contribution in [-0.2, 0) is 14.8 Å². The molecule has 0 saturated carbocycles. The molecule has 0 aliphatic carbocycles. The summed E-state index contributed by atoms with van der Waals surface area (Å²) in [7, 11) is -1.47. The smallest absolute Gasteiger partial charge is 0.243 e. The molecule has 8 heteroatoms. The van der Waals surface area contributed by atoms with Crippen LogP contribution in [0, 0.1) is 13.8 Å². The average Bonchev–Trinajstić information content (AvgIpc) is 2.66. The fraction of sp³-hybridized carbons (Fsp3) is 0.667. The third-order valence-electron chi connectivity index (χ3n) is 5.62. The number of aryl methyl sites for hydroxylation is 2. The maximum absolute atomic E-state index is 12.8. The lowest BCUT2D eigenvalue weighted by Crippen LogP contribution is -2.50. The Morgan fingerprint density at radius 1 is 1.17 bits per heavy atom. The SMILES string of the molecule is CC[C@@H](C(=O)NCCCN1CCN(C)CC1)N(c1ccc(C)c(C)c1)S(C)(=O)=O. The lowest BCUT2D eigenvalue weighted by molar-refractivity contribution is -0.122. The fourth-order valence-corrected chi connectivity index (χ4v) is 4.83. The fourth-order valence-electron chi connectivity index (χ4n) is 3.63. The van der Waals surface area contributed by atoms with Gasteiger partial charge in [-0.25, -0.2) is 8.42 Å². The topological polar surface area (TPSA) is 73.0 Å². The summed E-state index contributed by atoms with van der Waals surface area (Å²) in [6.07, 6.45) is 2.42. The Morgan fingerprint density at radius 2 is 1.83 bits per heavy atom. The molecular formula is C21H36N4O3S. The number of benzene rings is 1. The highest BCUT2D eigenvalue weighted by Gasteiger charge is 2.31. The summed E-state index contributed by atoms with van der Waals surface area (Å²) in [5.74, 6) is -0.241. The summed E-state index contributed by atoms with van der Waals surface area (Å²) in [4.78, 5) is 17.6. The quantitative estimate of drug-likeness (QED) is 0.610. The van der Waals surface area contributed by atoms with Crippen LogP contribution in [0.4, 0.5) is 5.69 Å². The molecule has 164 valence electrons. The molecule has 2 rings (SSSR count). The summed E-state index contributed by atoms with van der Waals surface area (Å²) in [6.45, 7) is 11.5. The average molecular weight is 425 g/mol. The molecule has 0 unspecified atom stereocenters. The van der Waals surface area contributed by atoms with Crippen LogP contribution in [0.3, 0.4) is 0 Å². The van der Waals surface area contributed by atoms with Gasteiger partial charge in [-0.05, 0) is 63.5 Å². The van der Waals surface area contributed by atoms with Crippen LogP contribution in [0.2, 0.25) is 0 Å². The molecule has 1 aromatic carbocycles. The third-order valence-corrected chi connectivity index (χ3v) is 6.80. The van der Waals surface area contributed by atoms with Crippen molar-refractivity contribution in [2.75, 3.05) is 56.9 Å². The van der Waals surface area contributed by atoms with E-state index >= 15 is 0 Å². The summed E-state index contributed by atoms with van der Waals surface area (Å²) in [5.41, 5.74) is 2.62. The number of anilines is 1. The second-order valence-corrected chi connectivity index (χ2v) is 9.90. The Morgan fingerprint density at radius 3 is 2.38 bits per heavy atom. The summed E-state index contributed by atoms with van der Waals surface area (Å²) >= 11 is 0. The predicted molar refractivity (Wildman–Crippen MR) is 119 cm³/mol. The van der Waals surface area contributed by atoms with E-state index in [1.54, 1.807) is 6.07 Å². The Balaban J connectivity index is 2.00. The number of nitrogens with one attached hydrogen (secondary N) is 1. The van der Waals surface area contributed by atoms with Gasteiger partial charge in [0.25, 0.3) is 0 Å². The molecule has 29 heavy (non-hydrogen) atoms. The van der Waals surface area contributed by atoms with Gasteiger partial charge in [-0.2, -0.15) is 0 Å². The van der Waals surface area contributed by atoms with E-state index in [2.05, 4.69) is 22.2 Å². The van der Waals surface area contributed by atoms with Crippen LogP contribution in [0.15, 0.2) is 18.2 Å². The first kappa shape index (κ1) is 23.6. The Labute approximate surface area is 176 Å². The van der Waals surface area contributed by atoms with Gasteiger partial charge in [0, 0.05) is 32.7 Å². The van der Waals surface area contributed by atoms with Gasteiger partial charge in [0.1, 0.15) is 6.04 Å². The number of rotatable bonds is 9. The zero-order chi connectivity index (χ0) is 21.6. The van der Waals surface area contributed by atoms with E-state index in [4.69, 9.17) is 0 Å². The van der Waals surface area contributed by atoms with Crippen molar-refractivity contribution in [3.05, 3.63) is 29.3 Å². The van der Waals surface area contributed by atoms with Crippen molar-refractivity contribution in [1.82, 2.24) is 15.1 Å². The molecule has 1 amide bonds. The number of likely N-dealkylation sites (N-methyl/N-ethyl adjacent to an activating group) is 1. The van der Waals surface area contributed by atoms with Gasteiger partial charge in [0.05, 0.1) is 11.9 Å². The molecule has 1 atom stereocenters. The van der Waals surface area contributed by atoms with Crippen molar-refractivity contribution >= 4 is 21.6 Å². The number of sulfonamides is 1. The minimum atomic E-state index is -3.60. The second-order valence-electron chi connectivity index (χ2n) is 8.04. The van der Waals surface area contributed by atoms with Crippen LogP contribution in [-0.4, -0.2) is 82.7 Å². The van der Waals surface area contributed by atoms with Crippen LogP contribution in [0.25, 0.3) is 0 Å². The lowest BCUT2D eigenvalue weighted by atomic mass is 10.1. The molecule has 1 aliphatic rings. The van der Waals surface area contributed by atoms with E-state index in [1.165, 1.54) is 4.31 Å². The molecule has 0 radical (unpaired) electrons. The molecule has 1 saturated heterocycles. The zero-order valence-electron chi connectivity index (χ0n) is 18.4. The van der Waals surface area contributed by atoms with Crippen molar-refractivity contribution < 1.29 is 13.2 Å². The highest BCUT2D eigenvalue weighted by atomic mass is 32.2. The van der Waals surface area contributed by atoms with Gasteiger partial charge in [0.2, 0.25) is 15.9 Å². The number of carbonyl (C=O) groups excluding carboxylic acids is 1. The Hall–Kier alpha value is -1.64. The van der Waals surface area contributed by atoms with Gasteiger partial charge in [0.15, 0.2) is 0 Å². The summed E-state index contributed by atoms with van der Waals surface area (Å²) in [5, 5.41) is 2.95. The van der Waals surface area contributed by atoms with Crippen LogP contribution < -0.4 is 9.62 Å². The Bertz CT molecular complexity index is 789. The number of hydrogen-bond acceptors (Lipinski definition) is 5. The number of hydrogen-bond donors (Lipinski definition) is 1. The number of carbonyl (C=O) groups is 1. The molecule has 1 fully saturated rings. The minimum Gasteiger partial charge on any atom is -0.354 e. The van der Waals surface area contributed by atoms with Gasteiger partial charge >= 0.3 is 0 Å². The number of piperazine rings is 1. The van der Waals surface area contributed by atoms with E-state index in [-0.39, 0.29) is 5.91 Å². The summed E-state index contributed by atoms with van der Waals surface area (Å²) < 4.78 is 26.3. The molecule has 0 aromatic heterocycles. The molecule has 1 aliphatic heterocycles. The second kappa shape index (κ2) is 10.4. The molecule has 1 N–H and O–H groups in total. The minimum absolute atomic E-state index is 0.241. The first-order valence-electron chi connectivity index (χ1n) is 10.4. The number of nitrogens with zero attached hydrogens (tertiary/aromatic N) is 3. The first-order valence-corrected chi connectivity index (χ1v) is 12.2. The Kier molecular flexibility index (Phi) is 8.48. The van der Waals surface area contributed by atoms with E-state index in [9.17, 15) is 13.2 Å². The van der Waals surface area contributed by atoms with Crippen LogP contribution in [0.1, 0.15) is 30.9 Å². The maximum Gasteiger partial charge on any atom is 0.243 e. The van der Waals surface area contributed by atoms with Gasteiger partial charge < -0.3 is 15.1 Å². The highest BCUT2D eigenvalue weighted by Crippen LogP contribution is 2.25. The zero-order valence-corrected chi connectivity index (χ0v) is 19.3. The van der Waals surface area contributed by atoms with Gasteiger partial charge in [-0.15, -0.1) is 0 Å². The van der Waals surface area contributed by atoms with E-state index in [0.717, 1.165) is 56.5 Å². The molecule has 1 heterocycles. The lowest BCUT2D eigenvalue weighted by Gasteiger charge is -2.32. The van der Waals surface area contributed by atoms with Crippen molar-refractivity contribution in [2.24, 2.45) is 0 Å². The molecule has 1 aromatic rings. The predicted octanol–water partition coefficient (Wildman–Crippen LogP) is 1.60. The van der Waals surface area contributed by atoms with Gasteiger partial charge in [-0.3, -0.25) is 9.10 Å². The normalized spacial score (nSPS) is 17.1. The van der Waals surface area contributed by atoms with E-state index < -0.39 is 16.1 Å². The standard InChI is InChI=1S/C21H36N4O3S/c1-6-20(21(26)22-10-7-11-24-14-12-23(4)13-15-24)25(29(5,27)28)19-9-8-17(2)18(3)16-19/h8-9,16,20H,6-7,10-15H2,1-5H3,(H,22,26)/t20-/m0/s1. The molecule has 0 spiro atoms. The largest absolute Gasteiger partial charge is 0.354 e.